The minimum Gasteiger partial charge on any atom is -0.172 e. The molecule has 0 aliphatic carbocycles. The highest BCUT2D eigenvalue weighted by atomic mass is 79.9. The van der Waals surface area contributed by atoms with Gasteiger partial charge in [-0.2, -0.15) is 8.75 Å². The third-order valence-corrected chi connectivity index (χ3v) is 11.3. The Balaban J connectivity index is 1.45. The van der Waals surface area contributed by atoms with Crippen molar-refractivity contribution in [1.82, 2.24) is 8.75 Å². The van der Waals surface area contributed by atoms with Gasteiger partial charge in [-0.1, -0.05) is 18.2 Å². The van der Waals surface area contributed by atoms with Gasteiger partial charge in [0.1, 0.15) is 11.0 Å². The number of thiophene rings is 2. The van der Waals surface area contributed by atoms with Gasteiger partial charge < -0.3 is 0 Å². The molecule has 3 aromatic heterocycles. The molecule has 0 bridgehead atoms. The molecule has 4 aromatic rings. The Labute approximate surface area is 192 Å². The Morgan fingerprint density at radius 2 is 1.56 bits per heavy atom. The fraction of sp³-hybridized carbons (Fsp3) is 0.111. The maximum Gasteiger partial charge on any atom is 0.114 e. The second kappa shape index (κ2) is 6.68. The van der Waals surface area contributed by atoms with Crippen molar-refractivity contribution < 1.29 is 0 Å². The zero-order valence-corrected chi connectivity index (χ0v) is 20.6. The zero-order valence-electron chi connectivity index (χ0n) is 13.3. The van der Waals surface area contributed by atoms with Gasteiger partial charge in [-0.3, -0.25) is 0 Å². The molecule has 2 atom stereocenters. The van der Waals surface area contributed by atoms with E-state index in [0.717, 1.165) is 11.0 Å². The molecule has 0 radical (unpaired) electrons. The van der Waals surface area contributed by atoms with Crippen LogP contribution in [0.5, 0.6) is 0 Å². The van der Waals surface area contributed by atoms with Gasteiger partial charge in [-0.25, -0.2) is 0 Å². The lowest BCUT2D eigenvalue weighted by Crippen LogP contribution is -2.04. The van der Waals surface area contributed by atoms with E-state index >= 15 is 0 Å². The summed E-state index contributed by atoms with van der Waals surface area (Å²) in [6.07, 6.45) is 4.70. The van der Waals surface area contributed by atoms with Crippen LogP contribution in [0, 0.1) is 0 Å². The third-order valence-electron chi connectivity index (χ3n) is 4.57. The molecule has 9 heteroatoms. The van der Waals surface area contributed by atoms with Crippen LogP contribution in [0.3, 0.4) is 0 Å². The van der Waals surface area contributed by atoms with Crippen LogP contribution in [-0.4, -0.2) is 19.2 Å². The van der Waals surface area contributed by atoms with Gasteiger partial charge in [0.25, 0.3) is 0 Å². The van der Waals surface area contributed by atoms with E-state index in [0.29, 0.717) is 10.5 Å². The van der Waals surface area contributed by atoms with E-state index in [2.05, 4.69) is 77.0 Å². The molecule has 0 saturated heterocycles. The number of halogens is 2. The van der Waals surface area contributed by atoms with Crippen LogP contribution in [0.1, 0.15) is 5.56 Å². The lowest BCUT2D eigenvalue weighted by atomic mass is 10.1. The van der Waals surface area contributed by atoms with Crippen LogP contribution >= 0.6 is 89.8 Å². The SMILES string of the molecule is BrC1=CC2SC(c3ccc(-c4cc5sc(Br)cc5s4)c4nsnc34)=CC2S1. The quantitative estimate of drug-likeness (QED) is 0.242. The second-order valence-electron chi connectivity index (χ2n) is 6.18. The number of aromatic nitrogens is 2. The summed E-state index contributed by atoms with van der Waals surface area (Å²) in [6.45, 7) is 0. The summed E-state index contributed by atoms with van der Waals surface area (Å²) in [5.41, 5.74) is 4.46. The Morgan fingerprint density at radius 1 is 0.815 bits per heavy atom. The molecule has 1 aromatic carbocycles. The summed E-state index contributed by atoms with van der Waals surface area (Å²) in [7, 11) is 0. The highest BCUT2D eigenvalue weighted by molar-refractivity contribution is 9.14. The Morgan fingerprint density at radius 3 is 2.37 bits per heavy atom. The first-order chi connectivity index (χ1) is 13.2. The van der Waals surface area contributed by atoms with E-state index in [1.54, 1.807) is 11.3 Å². The Hall–Kier alpha value is -0.160. The Bertz CT molecular complexity index is 1250. The Kier molecular flexibility index (Phi) is 4.38. The van der Waals surface area contributed by atoms with Crippen molar-refractivity contribution in [2.24, 2.45) is 0 Å². The molecule has 2 aliphatic rings. The molecule has 0 saturated carbocycles. The molecular weight excluding hydrogens is 564 g/mol. The molecule has 134 valence electrons. The molecule has 5 heterocycles. The summed E-state index contributed by atoms with van der Waals surface area (Å²) in [5.74, 6) is 0. The highest BCUT2D eigenvalue weighted by Crippen LogP contribution is 2.53. The lowest BCUT2D eigenvalue weighted by molar-refractivity contribution is 1.14. The number of benzene rings is 1. The maximum absolute atomic E-state index is 4.66. The third kappa shape index (κ3) is 2.93. The van der Waals surface area contributed by atoms with E-state index in [9.17, 15) is 0 Å². The fourth-order valence-electron chi connectivity index (χ4n) is 3.38. The molecule has 6 rings (SSSR count). The first kappa shape index (κ1) is 17.7. The van der Waals surface area contributed by atoms with Gasteiger partial charge in [0, 0.05) is 44.6 Å². The number of hydrogen-bond donors (Lipinski definition) is 0. The summed E-state index contributed by atoms with van der Waals surface area (Å²) >= 11 is 15.9. The molecule has 0 fully saturated rings. The van der Waals surface area contributed by atoms with Crippen molar-refractivity contribution >= 4 is 115 Å². The molecule has 2 nitrogen and oxygen atoms in total. The van der Waals surface area contributed by atoms with Crippen LogP contribution in [0.15, 0.2) is 44.0 Å². The number of rotatable bonds is 2. The van der Waals surface area contributed by atoms with Crippen molar-refractivity contribution in [2.75, 3.05) is 0 Å². The van der Waals surface area contributed by atoms with Crippen LogP contribution in [0.4, 0.5) is 0 Å². The topological polar surface area (TPSA) is 25.8 Å². The molecule has 2 aliphatic heterocycles. The fourth-order valence-corrected chi connectivity index (χ4v) is 10.7. The highest BCUT2D eigenvalue weighted by Gasteiger charge is 2.34. The van der Waals surface area contributed by atoms with E-state index in [1.807, 2.05) is 34.9 Å². The van der Waals surface area contributed by atoms with Gasteiger partial charge in [-0.05, 0) is 50.1 Å². The molecule has 0 spiro atoms. The van der Waals surface area contributed by atoms with Gasteiger partial charge in [0.15, 0.2) is 0 Å². The van der Waals surface area contributed by atoms with Gasteiger partial charge >= 0.3 is 0 Å². The van der Waals surface area contributed by atoms with E-state index in [-0.39, 0.29) is 0 Å². The van der Waals surface area contributed by atoms with Gasteiger partial charge in [0.05, 0.1) is 15.5 Å². The maximum atomic E-state index is 4.66. The molecule has 2 unspecified atom stereocenters. The van der Waals surface area contributed by atoms with Crippen molar-refractivity contribution in [3.05, 3.63) is 49.6 Å². The first-order valence-corrected chi connectivity index (χ1v) is 13.7. The largest absolute Gasteiger partial charge is 0.172 e. The standard InChI is InChI=1S/C18H8Br2N2S5/c19-15-5-13-11(25-15)3-9(23-13)7-1-2-8(18-17(7)21-27-22-18)10-4-12-14(24-10)6-16(20)26-12/h1-6,11,13H. The summed E-state index contributed by atoms with van der Waals surface area (Å²) in [4.78, 5) is 2.59. The van der Waals surface area contributed by atoms with Crippen molar-refractivity contribution in [2.45, 2.75) is 10.5 Å². The van der Waals surface area contributed by atoms with E-state index in [4.69, 9.17) is 0 Å². The normalized spacial score (nSPS) is 21.9. The van der Waals surface area contributed by atoms with E-state index in [1.165, 1.54) is 49.6 Å². The van der Waals surface area contributed by atoms with Gasteiger partial charge in [0.2, 0.25) is 0 Å². The molecule has 27 heavy (non-hydrogen) atoms. The number of nitrogens with zero attached hydrogens (tertiary/aromatic N) is 2. The van der Waals surface area contributed by atoms with E-state index < -0.39 is 0 Å². The number of fused-ring (bicyclic) bond motifs is 3. The monoisotopic (exact) mass is 570 g/mol. The lowest BCUT2D eigenvalue weighted by Gasteiger charge is -2.07. The van der Waals surface area contributed by atoms with Crippen LogP contribution in [0.2, 0.25) is 0 Å². The molecule has 0 N–H and O–H groups in total. The van der Waals surface area contributed by atoms with Crippen molar-refractivity contribution in [1.29, 1.82) is 0 Å². The summed E-state index contributed by atoms with van der Waals surface area (Å²) in [6, 6.07) is 8.92. The number of hydrogen-bond acceptors (Lipinski definition) is 7. The average Bonchev–Trinajstić information content (AvgIpc) is 3.38. The summed E-state index contributed by atoms with van der Waals surface area (Å²) < 4.78 is 14.4. The number of thioether (sulfide) groups is 2. The van der Waals surface area contributed by atoms with Gasteiger partial charge in [-0.15, -0.1) is 46.2 Å². The smallest absolute Gasteiger partial charge is 0.114 e. The van der Waals surface area contributed by atoms with Crippen LogP contribution in [0.25, 0.3) is 35.8 Å². The predicted octanol–water partition coefficient (Wildman–Crippen LogP) is 8.21. The molecule has 0 amide bonds. The van der Waals surface area contributed by atoms with Crippen molar-refractivity contribution in [3.63, 3.8) is 0 Å². The van der Waals surface area contributed by atoms with Crippen LogP contribution in [-0.2, 0) is 0 Å². The molecular formula is C18H8Br2N2S5. The minimum atomic E-state index is 0.517. The first-order valence-electron chi connectivity index (χ1n) is 8.03. The van der Waals surface area contributed by atoms with Crippen LogP contribution < -0.4 is 0 Å². The summed E-state index contributed by atoms with van der Waals surface area (Å²) in [5, 5.41) is 1.03. The predicted molar refractivity (Wildman–Crippen MR) is 132 cm³/mol. The average molecular weight is 572 g/mol. The second-order valence-corrected chi connectivity index (χ2v) is 14.1. The van der Waals surface area contributed by atoms with Crippen molar-refractivity contribution in [3.8, 4) is 10.4 Å². The zero-order chi connectivity index (χ0) is 18.1. The minimum absolute atomic E-state index is 0.517.